The summed E-state index contributed by atoms with van der Waals surface area (Å²) in [5.74, 6) is -0.292. The summed E-state index contributed by atoms with van der Waals surface area (Å²) in [6.07, 6.45) is 1.14. The predicted molar refractivity (Wildman–Crippen MR) is 113 cm³/mol. The van der Waals surface area contributed by atoms with Gasteiger partial charge in [0.2, 0.25) is 0 Å². The van der Waals surface area contributed by atoms with Crippen molar-refractivity contribution in [3.63, 3.8) is 0 Å². The lowest BCUT2D eigenvalue weighted by Crippen LogP contribution is -2.06. The van der Waals surface area contributed by atoms with Gasteiger partial charge in [0.1, 0.15) is 10.6 Å². The molecule has 0 fully saturated rings. The summed E-state index contributed by atoms with van der Waals surface area (Å²) in [5.41, 5.74) is 8.63. The lowest BCUT2D eigenvalue weighted by Gasteiger charge is -2.04. The lowest BCUT2D eigenvalue weighted by molar-refractivity contribution is -0.0501. The Bertz CT molecular complexity index is 1210. The molecule has 1 aromatic carbocycles. The molecule has 9 heteroatoms. The summed E-state index contributed by atoms with van der Waals surface area (Å²) in [6.45, 7) is -2.93. The number of rotatable bonds is 6. The van der Waals surface area contributed by atoms with Gasteiger partial charge in [-0.3, -0.25) is 9.78 Å². The van der Waals surface area contributed by atoms with Gasteiger partial charge in [0.15, 0.2) is 5.78 Å². The van der Waals surface area contributed by atoms with Crippen LogP contribution in [-0.2, 0) is 6.42 Å². The van der Waals surface area contributed by atoms with Crippen LogP contribution < -0.4 is 10.5 Å². The first-order valence-electron chi connectivity index (χ1n) is 8.78. The standard InChI is InChI=1S/C21H14ClF2N3O2S/c22-12-3-1-11(2-4-12)16-8-7-15-18(25)19(30-20(15)27-16)17(28)9-13-5-6-14(10-26-13)29-21(23)24/h1-8,10,21H,9,25H2. The number of Topliss-reactive ketones (excluding diaryl/α,β-unsaturated/α-hetero) is 1. The number of thiophene rings is 1. The molecule has 0 saturated carbocycles. The Labute approximate surface area is 179 Å². The van der Waals surface area contributed by atoms with Crippen molar-refractivity contribution in [2.24, 2.45) is 0 Å². The van der Waals surface area contributed by atoms with Crippen LogP contribution in [0.3, 0.4) is 0 Å². The topological polar surface area (TPSA) is 78.1 Å². The quantitative estimate of drug-likeness (QED) is 0.390. The van der Waals surface area contributed by atoms with Crippen LogP contribution in [0.1, 0.15) is 15.4 Å². The zero-order chi connectivity index (χ0) is 21.3. The number of alkyl halides is 2. The number of nitrogens with two attached hydrogens (primary N) is 1. The molecule has 0 amide bonds. The maximum atomic E-state index is 12.8. The third kappa shape index (κ3) is 4.24. The second-order valence-corrected chi connectivity index (χ2v) is 7.80. The molecule has 4 aromatic rings. The Morgan fingerprint density at radius 2 is 1.90 bits per heavy atom. The molecular weight excluding hydrogens is 432 g/mol. The van der Waals surface area contributed by atoms with E-state index in [4.69, 9.17) is 17.3 Å². The SMILES string of the molecule is Nc1c(C(=O)Cc2ccc(OC(F)F)cn2)sc2nc(-c3ccc(Cl)cc3)ccc12. The largest absolute Gasteiger partial charge is 0.433 e. The number of nitrogens with zero attached hydrogens (tertiary/aromatic N) is 2. The number of hydrogen-bond donors (Lipinski definition) is 1. The number of halogens is 3. The second kappa shape index (κ2) is 8.33. The number of anilines is 1. The first-order chi connectivity index (χ1) is 14.4. The minimum atomic E-state index is -2.93. The molecule has 4 rings (SSSR count). The molecule has 2 N–H and O–H groups in total. The molecule has 0 aliphatic rings. The van der Waals surface area contributed by atoms with Crippen molar-refractivity contribution in [2.45, 2.75) is 13.0 Å². The molecule has 0 saturated heterocycles. The summed E-state index contributed by atoms with van der Waals surface area (Å²) >= 11 is 7.14. The number of pyridine rings is 2. The van der Waals surface area contributed by atoms with Gasteiger partial charge in [0.25, 0.3) is 0 Å². The summed E-state index contributed by atoms with van der Waals surface area (Å²) in [5, 5.41) is 1.34. The maximum absolute atomic E-state index is 12.8. The fraction of sp³-hybridized carbons (Fsp3) is 0.0952. The van der Waals surface area contributed by atoms with Gasteiger partial charge in [-0.25, -0.2) is 4.98 Å². The van der Waals surface area contributed by atoms with Crippen LogP contribution in [0.25, 0.3) is 21.5 Å². The van der Waals surface area contributed by atoms with Crippen LogP contribution in [0, 0.1) is 0 Å². The van der Waals surface area contributed by atoms with E-state index in [9.17, 15) is 13.6 Å². The molecule has 0 radical (unpaired) electrons. The van der Waals surface area contributed by atoms with Gasteiger partial charge in [-0.05, 0) is 36.4 Å². The van der Waals surface area contributed by atoms with E-state index in [0.717, 1.165) is 17.5 Å². The van der Waals surface area contributed by atoms with Crippen LogP contribution >= 0.6 is 22.9 Å². The van der Waals surface area contributed by atoms with Gasteiger partial charge >= 0.3 is 6.61 Å². The molecule has 152 valence electrons. The first kappa shape index (κ1) is 20.2. The van der Waals surface area contributed by atoms with E-state index in [1.807, 2.05) is 24.3 Å². The van der Waals surface area contributed by atoms with Crippen molar-refractivity contribution in [3.05, 3.63) is 70.3 Å². The van der Waals surface area contributed by atoms with E-state index in [-0.39, 0.29) is 18.0 Å². The zero-order valence-electron chi connectivity index (χ0n) is 15.3. The summed E-state index contributed by atoms with van der Waals surface area (Å²) in [6, 6.07) is 13.8. The molecule has 30 heavy (non-hydrogen) atoms. The van der Waals surface area contributed by atoms with Crippen LogP contribution in [0.4, 0.5) is 14.5 Å². The van der Waals surface area contributed by atoms with Crippen LogP contribution in [0.5, 0.6) is 5.75 Å². The summed E-state index contributed by atoms with van der Waals surface area (Å²) in [4.78, 5) is 22.4. The number of carbonyl (C=O) groups excluding carboxylic acids is 1. The number of aromatic nitrogens is 2. The minimum Gasteiger partial charge on any atom is -0.433 e. The van der Waals surface area contributed by atoms with Gasteiger partial charge in [0, 0.05) is 21.7 Å². The zero-order valence-corrected chi connectivity index (χ0v) is 16.9. The lowest BCUT2D eigenvalue weighted by atomic mass is 10.1. The number of carbonyl (C=O) groups is 1. The minimum absolute atomic E-state index is 0.0178. The monoisotopic (exact) mass is 445 g/mol. The van der Waals surface area contributed by atoms with E-state index in [1.54, 1.807) is 12.1 Å². The molecule has 0 bridgehead atoms. The smallest absolute Gasteiger partial charge is 0.387 e. The number of nitrogen functional groups attached to an aromatic ring is 1. The number of hydrogen-bond acceptors (Lipinski definition) is 6. The molecule has 0 aliphatic heterocycles. The normalized spacial score (nSPS) is 11.2. The van der Waals surface area contributed by atoms with Crippen molar-refractivity contribution < 1.29 is 18.3 Å². The van der Waals surface area contributed by atoms with Crippen molar-refractivity contribution in [2.75, 3.05) is 5.73 Å². The van der Waals surface area contributed by atoms with Gasteiger partial charge in [0.05, 0.1) is 28.9 Å². The molecule has 0 aliphatic carbocycles. The Morgan fingerprint density at radius 1 is 1.13 bits per heavy atom. The Morgan fingerprint density at radius 3 is 2.57 bits per heavy atom. The molecule has 0 atom stereocenters. The van der Waals surface area contributed by atoms with E-state index in [1.165, 1.54) is 23.5 Å². The molecule has 0 spiro atoms. The highest BCUT2D eigenvalue weighted by Gasteiger charge is 2.19. The van der Waals surface area contributed by atoms with E-state index < -0.39 is 6.61 Å². The Kier molecular flexibility index (Phi) is 5.61. The number of fused-ring (bicyclic) bond motifs is 1. The highest BCUT2D eigenvalue weighted by Crippen LogP contribution is 2.35. The molecule has 3 heterocycles. The highest BCUT2D eigenvalue weighted by molar-refractivity contribution is 7.21. The van der Waals surface area contributed by atoms with E-state index in [2.05, 4.69) is 14.7 Å². The van der Waals surface area contributed by atoms with Gasteiger partial charge < -0.3 is 10.5 Å². The number of ketones is 1. The molecule has 3 aromatic heterocycles. The van der Waals surface area contributed by atoms with Crippen molar-refractivity contribution in [1.82, 2.24) is 9.97 Å². The number of benzene rings is 1. The fourth-order valence-corrected chi connectivity index (χ4v) is 4.08. The van der Waals surface area contributed by atoms with E-state index in [0.29, 0.717) is 31.5 Å². The number of ether oxygens (including phenoxy) is 1. The molecule has 0 unspecified atom stereocenters. The molecular formula is C21H14ClF2N3O2S. The predicted octanol–water partition coefficient (Wildman–Crippen LogP) is 5.62. The highest BCUT2D eigenvalue weighted by atomic mass is 35.5. The third-order valence-corrected chi connectivity index (χ3v) is 5.76. The summed E-state index contributed by atoms with van der Waals surface area (Å²) in [7, 11) is 0. The fourth-order valence-electron chi connectivity index (χ4n) is 2.92. The maximum Gasteiger partial charge on any atom is 0.387 e. The summed E-state index contributed by atoms with van der Waals surface area (Å²) < 4.78 is 28.7. The average molecular weight is 446 g/mol. The molecule has 5 nitrogen and oxygen atoms in total. The van der Waals surface area contributed by atoms with Crippen LogP contribution in [-0.4, -0.2) is 22.4 Å². The van der Waals surface area contributed by atoms with Gasteiger partial charge in [-0.15, -0.1) is 11.3 Å². The van der Waals surface area contributed by atoms with Crippen molar-refractivity contribution >= 4 is 44.6 Å². The van der Waals surface area contributed by atoms with Crippen LogP contribution in [0.2, 0.25) is 5.02 Å². The van der Waals surface area contributed by atoms with Gasteiger partial charge in [-0.2, -0.15) is 8.78 Å². The van der Waals surface area contributed by atoms with Crippen molar-refractivity contribution in [1.29, 1.82) is 0 Å². The van der Waals surface area contributed by atoms with Gasteiger partial charge in [-0.1, -0.05) is 23.7 Å². The van der Waals surface area contributed by atoms with E-state index >= 15 is 0 Å². The van der Waals surface area contributed by atoms with Crippen molar-refractivity contribution in [3.8, 4) is 17.0 Å². The Hall–Kier alpha value is -3.10. The third-order valence-electron chi connectivity index (χ3n) is 4.35. The Balaban J connectivity index is 1.58. The average Bonchev–Trinajstić information content (AvgIpc) is 3.06. The van der Waals surface area contributed by atoms with Crippen LogP contribution in [0.15, 0.2) is 54.7 Å². The second-order valence-electron chi connectivity index (χ2n) is 6.36. The first-order valence-corrected chi connectivity index (χ1v) is 9.98.